The molecule has 0 saturated heterocycles. The minimum Gasteiger partial charge on any atom is -0.498 e. The molecule has 0 aromatic rings. The van der Waals surface area contributed by atoms with Gasteiger partial charge in [0.2, 0.25) is 0 Å². The van der Waals surface area contributed by atoms with E-state index in [9.17, 15) is 0 Å². The predicted molar refractivity (Wildman–Crippen MR) is 217 cm³/mol. The molecule has 1 aliphatic rings. The second kappa shape index (κ2) is 23.4. The van der Waals surface area contributed by atoms with Crippen molar-refractivity contribution >= 4 is 16.1 Å². The van der Waals surface area contributed by atoms with E-state index in [4.69, 9.17) is 4.74 Å². The summed E-state index contributed by atoms with van der Waals surface area (Å²) in [6.07, 6.45) is 37.7. The fraction of sp³-hybridized carbons (Fsp3) is 0.953. The molecule has 0 fully saturated rings. The Morgan fingerprint density at radius 2 is 0.848 bits per heavy atom. The Labute approximate surface area is 294 Å². The Bertz CT molecular complexity index is 786. The van der Waals surface area contributed by atoms with Gasteiger partial charge in [0, 0.05) is 12.3 Å². The van der Waals surface area contributed by atoms with Crippen LogP contribution in [0.4, 0.5) is 0 Å². The SMILES string of the molecule is CCCCCCCCCCC1=C(CCCCCCCCCC)C(CCCCCCCCCC)C([Si](C)(C)C)([Si](C)(C)C(C)(C)C)O1. The standard InChI is InChI=1S/C43H88OSi2/c1-12-15-18-21-24-27-30-33-36-39-40(37-34-31-28-25-22-19-16-13-2)43(45(7,8)9,46(10,11)42(4,5)6)44-41(39)38-35-32-29-26-23-20-17-14-3/h40H,12-38H2,1-11H3. The van der Waals surface area contributed by atoms with E-state index in [-0.39, 0.29) is 4.85 Å². The van der Waals surface area contributed by atoms with E-state index < -0.39 is 16.1 Å². The number of ether oxygens (including phenoxy) is 1. The second-order valence-corrected chi connectivity index (χ2v) is 29.4. The first kappa shape index (κ1) is 44.0. The molecule has 274 valence electrons. The third kappa shape index (κ3) is 14.1. The zero-order valence-corrected chi connectivity index (χ0v) is 36.1. The average Bonchev–Trinajstić information content (AvgIpc) is 3.31. The maximum atomic E-state index is 7.84. The predicted octanol–water partition coefficient (Wildman–Crippen LogP) is 16.1. The van der Waals surface area contributed by atoms with Crippen LogP contribution >= 0.6 is 0 Å². The molecule has 0 bridgehead atoms. The van der Waals surface area contributed by atoms with Crippen molar-refractivity contribution in [2.45, 2.75) is 258 Å². The number of rotatable bonds is 29. The molecule has 0 N–H and O–H groups in total. The fourth-order valence-electron chi connectivity index (χ4n) is 8.76. The molecule has 1 nitrogen and oxygen atoms in total. The summed E-state index contributed by atoms with van der Waals surface area (Å²) in [7, 11) is -3.55. The summed E-state index contributed by atoms with van der Waals surface area (Å²) >= 11 is 0. The summed E-state index contributed by atoms with van der Waals surface area (Å²) in [6, 6.07) is 0. The van der Waals surface area contributed by atoms with Crippen molar-refractivity contribution in [1.82, 2.24) is 0 Å². The summed E-state index contributed by atoms with van der Waals surface area (Å²) in [5, 5.41) is 0.322. The molecule has 2 atom stereocenters. The lowest BCUT2D eigenvalue weighted by molar-refractivity contribution is 0.107. The van der Waals surface area contributed by atoms with E-state index >= 15 is 0 Å². The molecular formula is C43H88OSi2. The van der Waals surface area contributed by atoms with Gasteiger partial charge in [-0.1, -0.05) is 216 Å². The molecule has 1 heterocycles. The molecule has 46 heavy (non-hydrogen) atoms. The maximum absolute atomic E-state index is 7.84. The van der Waals surface area contributed by atoms with Gasteiger partial charge < -0.3 is 4.74 Å². The molecule has 0 saturated carbocycles. The highest BCUT2D eigenvalue weighted by molar-refractivity contribution is 7.00. The van der Waals surface area contributed by atoms with Crippen LogP contribution in [-0.2, 0) is 4.74 Å². The van der Waals surface area contributed by atoms with Gasteiger partial charge in [-0.05, 0) is 36.3 Å². The van der Waals surface area contributed by atoms with Crippen LogP contribution in [0.2, 0.25) is 37.8 Å². The van der Waals surface area contributed by atoms with Gasteiger partial charge in [0.15, 0.2) is 0 Å². The van der Waals surface area contributed by atoms with Crippen molar-refractivity contribution in [3.8, 4) is 0 Å². The normalized spacial score (nSPS) is 19.3. The van der Waals surface area contributed by atoms with Gasteiger partial charge in [0.25, 0.3) is 0 Å². The number of hydrogen-bond donors (Lipinski definition) is 0. The second-order valence-electron chi connectivity index (χ2n) is 18.2. The first-order chi connectivity index (χ1) is 21.8. The molecule has 0 amide bonds. The van der Waals surface area contributed by atoms with E-state index in [1.54, 1.807) is 0 Å². The molecule has 1 rings (SSSR count). The lowest BCUT2D eigenvalue weighted by atomic mass is 9.88. The van der Waals surface area contributed by atoms with Crippen molar-refractivity contribution in [3.63, 3.8) is 0 Å². The number of allylic oxidation sites excluding steroid dienone is 1. The fourth-order valence-corrected chi connectivity index (χ4v) is 21.9. The van der Waals surface area contributed by atoms with Crippen LogP contribution in [0.25, 0.3) is 0 Å². The Balaban J connectivity index is 3.23. The van der Waals surface area contributed by atoms with Crippen molar-refractivity contribution in [2.75, 3.05) is 0 Å². The van der Waals surface area contributed by atoms with Gasteiger partial charge in [0.1, 0.15) is 8.07 Å². The van der Waals surface area contributed by atoms with E-state index in [0.29, 0.717) is 11.0 Å². The molecular weight excluding hydrogens is 589 g/mol. The first-order valence-electron chi connectivity index (χ1n) is 21.2. The Kier molecular flexibility index (Phi) is 22.4. The van der Waals surface area contributed by atoms with Crippen LogP contribution in [0, 0.1) is 5.92 Å². The van der Waals surface area contributed by atoms with Gasteiger partial charge >= 0.3 is 0 Å². The highest BCUT2D eigenvalue weighted by Crippen LogP contribution is 2.59. The average molecular weight is 677 g/mol. The van der Waals surface area contributed by atoms with Crippen molar-refractivity contribution in [3.05, 3.63) is 11.3 Å². The highest BCUT2D eigenvalue weighted by atomic mass is 28.4. The first-order valence-corrected chi connectivity index (χ1v) is 27.7. The van der Waals surface area contributed by atoms with Crippen LogP contribution in [0.15, 0.2) is 11.3 Å². The third-order valence-corrected chi connectivity index (χ3v) is 25.2. The zero-order valence-electron chi connectivity index (χ0n) is 34.1. The van der Waals surface area contributed by atoms with Gasteiger partial charge in [-0.25, -0.2) is 0 Å². The number of hydrogen-bond acceptors (Lipinski definition) is 1. The lowest BCUT2D eigenvalue weighted by Gasteiger charge is -2.58. The third-order valence-electron chi connectivity index (χ3n) is 12.4. The quantitative estimate of drug-likeness (QED) is 0.0566. The summed E-state index contributed by atoms with van der Waals surface area (Å²) < 4.78 is 7.84. The van der Waals surface area contributed by atoms with Gasteiger partial charge in [-0.15, -0.1) is 0 Å². The highest BCUT2D eigenvalue weighted by Gasteiger charge is 2.67. The van der Waals surface area contributed by atoms with E-state index in [2.05, 4.69) is 74.3 Å². The molecule has 0 aliphatic carbocycles. The van der Waals surface area contributed by atoms with Gasteiger partial charge in [-0.2, -0.15) is 0 Å². The van der Waals surface area contributed by atoms with Crippen molar-refractivity contribution in [1.29, 1.82) is 0 Å². The summed E-state index contributed by atoms with van der Waals surface area (Å²) in [5.74, 6) is 2.17. The Hall–Kier alpha value is -0.0262. The summed E-state index contributed by atoms with van der Waals surface area (Å²) in [6.45, 7) is 28.2. The smallest absolute Gasteiger partial charge is 0.102 e. The topological polar surface area (TPSA) is 9.23 Å². The Morgan fingerprint density at radius 1 is 0.500 bits per heavy atom. The van der Waals surface area contributed by atoms with Crippen LogP contribution in [-0.4, -0.2) is 21.0 Å². The molecule has 2 unspecified atom stereocenters. The van der Waals surface area contributed by atoms with E-state index in [0.717, 1.165) is 0 Å². The van der Waals surface area contributed by atoms with Crippen LogP contribution < -0.4 is 0 Å². The van der Waals surface area contributed by atoms with E-state index in [1.165, 1.54) is 179 Å². The Morgan fingerprint density at radius 3 is 1.22 bits per heavy atom. The largest absolute Gasteiger partial charge is 0.498 e. The molecule has 0 spiro atoms. The molecule has 1 aliphatic heterocycles. The molecule has 0 aromatic heterocycles. The van der Waals surface area contributed by atoms with Crippen molar-refractivity contribution < 1.29 is 4.74 Å². The van der Waals surface area contributed by atoms with E-state index in [1.807, 2.05) is 5.57 Å². The van der Waals surface area contributed by atoms with Crippen LogP contribution in [0.3, 0.4) is 0 Å². The molecule has 3 heteroatoms. The zero-order chi connectivity index (χ0) is 34.5. The molecule has 0 radical (unpaired) electrons. The van der Waals surface area contributed by atoms with Crippen LogP contribution in [0.1, 0.15) is 215 Å². The van der Waals surface area contributed by atoms with Crippen LogP contribution in [0.5, 0.6) is 0 Å². The monoisotopic (exact) mass is 677 g/mol. The lowest BCUT2D eigenvalue weighted by Crippen LogP contribution is -2.74. The maximum Gasteiger partial charge on any atom is 0.102 e. The minimum atomic E-state index is -1.84. The van der Waals surface area contributed by atoms with Gasteiger partial charge in [-0.3, -0.25) is 0 Å². The van der Waals surface area contributed by atoms with Gasteiger partial charge in [0.05, 0.1) is 18.7 Å². The minimum absolute atomic E-state index is 0.102. The molecule has 0 aromatic carbocycles. The summed E-state index contributed by atoms with van der Waals surface area (Å²) in [5.41, 5.74) is 1.82. The van der Waals surface area contributed by atoms with Crippen molar-refractivity contribution in [2.24, 2.45) is 5.92 Å². The summed E-state index contributed by atoms with van der Waals surface area (Å²) in [4.78, 5) is 0.102. The number of unbranched alkanes of at least 4 members (excludes halogenated alkanes) is 21.